The number of carbonyl (C=O) groups excluding carboxylic acids is 2. The van der Waals surface area contributed by atoms with Crippen LogP contribution in [0.2, 0.25) is 0 Å². The topological polar surface area (TPSA) is 75.9 Å². The van der Waals surface area contributed by atoms with Gasteiger partial charge in [-0.1, -0.05) is 18.2 Å². The monoisotopic (exact) mass is 305 g/mol. The molecule has 2 N–H and O–H groups in total. The first-order valence-corrected chi connectivity index (χ1v) is 7.49. The zero-order valence-corrected chi connectivity index (χ0v) is 13.1. The molecule has 0 radical (unpaired) electrons. The Balaban J connectivity index is 1.92. The molecule has 0 spiro atoms. The number of rotatable bonds is 5. The van der Waals surface area contributed by atoms with Crippen molar-refractivity contribution in [1.82, 2.24) is 9.80 Å². The molecule has 2 rings (SSSR count). The highest BCUT2D eigenvalue weighted by Crippen LogP contribution is 2.14. The molecule has 6 heteroatoms. The molecule has 1 aliphatic heterocycles. The minimum atomic E-state index is -0.436. The van der Waals surface area contributed by atoms with Crippen LogP contribution in [0.3, 0.4) is 0 Å². The number of piperazine rings is 1. The average molecular weight is 305 g/mol. The smallest absolute Gasteiger partial charge is 0.260 e. The van der Waals surface area contributed by atoms with Gasteiger partial charge in [0, 0.05) is 25.7 Å². The van der Waals surface area contributed by atoms with Gasteiger partial charge in [0.1, 0.15) is 11.8 Å². The molecule has 1 saturated heterocycles. The number of primary amides is 1. The molecule has 0 aliphatic carbocycles. The summed E-state index contributed by atoms with van der Waals surface area (Å²) in [6, 6.07) is 8.97. The fourth-order valence-electron chi connectivity index (χ4n) is 2.65. The molecule has 1 unspecified atom stereocenters. The van der Waals surface area contributed by atoms with Crippen molar-refractivity contribution in [2.24, 2.45) is 5.73 Å². The second kappa shape index (κ2) is 7.26. The Hall–Kier alpha value is -2.08. The Morgan fingerprint density at radius 3 is 2.55 bits per heavy atom. The molecule has 2 amide bonds. The number of ether oxygens (including phenoxy) is 1. The third kappa shape index (κ3) is 3.98. The lowest BCUT2D eigenvalue weighted by molar-refractivity contribution is -0.139. The second-order valence-corrected chi connectivity index (χ2v) is 5.69. The van der Waals surface area contributed by atoms with Gasteiger partial charge in [-0.15, -0.1) is 0 Å². The van der Waals surface area contributed by atoms with Gasteiger partial charge in [0.15, 0.2) is 6.61 Å². The fourth-order valence-corrected chi connectivity index (χ4v) is 2.65. The van der Waals surface area contributed by atoms with E-state index >= 15 is 0 Å². The molecule has 0 aromatic heterocycles. The fraction of sp³-hybridized carbons (Fsp3) is 0.500. The van der Waals surface area contributed by atoms with E-state index in [-0.39, 0.29) is 18.6 Å². The number of nitrogens with zero attached hydrogens (tertiary/aromatic N) is 2. The lowest BCUT2D eigenvalue weighted by Crippen LogP contribution is -2.61. The maximum atomic E-state index is 12.2. The zero-order valence-electron chi connectivity index (χ0n) is 13.1. The van der Waals surface area contributed by atoms with Crippen LogP contribution in [0.5, 0.6) is 5.75 Å². The summed E-state index contributed by atoms with van der Waals surface area (Å²) in [5.41, 5.74) is 5.47. The molecule has 22 heavy (non-hydrogen) atoms. The Kier molecular flexibility index (Phi) is 5.38. The predicted octanol–water partition coefficient (Wildman–Crippen LogP) is 0.472. The maximum Gasteiger partial charge on any atom is 0.260 e. The minimum absolute atomic E-state index is 0.0306. The van der Waals surface area contributed by atoms with E-state index in [0.717, 1.165) is 0 Å². The van der Waals surface area contributed by atoms with Gasteiger partial charge in [-0.3, -0.25) is 14.5 Å². The Morgan fingerprint density at radius 1 is 1.27 bits per heavy atom. The Bertz CT molecular complexity index is 519. The van der Waals surface area contributed by atoms with Crippen molar-refractivity contribution in [1.29, 1.82) is 0 Å². The minimum Gasteiger partial charge on any atom is -0.484 e. The molecular weight excluding hydrogens is 282 g/mol. The van der Waals surface area contributed by atoms with Crippen molar-refractivity contribution in [3.63, 3.8) is 0 Å². The largest absolute Gasteiger partial charge is 0.484 e. The summed E-state index contributed by atoms with van der Waals surface area (Å²) in [5, 5.41) is 0. The summed E-state index contributed by atoms with van der Waals surface area (Å²) < 4.78 is 5.47. The van der Waals surface area contributed by atoms with Crippen molar-refractivity contribution in [2.45, 2.75) is 25.9 Å². The standard InChI is InChI=1S/C16H23N3O3/c1-12(2)19-9-8-18(10-14(19)16(17)21)15(20)11-22-13-6-4-3-5-7-13/h3-7,12,14H,8-11H2,1-2H3,(H2,17,21). The average Bonchev–Trinajstić information content (AvgIpc) is 2.52. The summed E-state index contributed by atoms with van der Waals surface area (Å²) in [7, 11) is 0. The van der Waals surface area contributed by atoms with Gasteiger partial charge in [-0.05, 0) is 26.0 Å². The van der Waals surface area contributed by atoms with Crippen LogP contribution in [-0.2, 0) is 9.59 Å². The highest BCUT2D eigenvalue weighted by Gasteiger charge is 2.34. The highest BCUT2D eigenvalue weighted by molar-refractivity contribution is 5.83. The molecule has 1 fully saturated rings. The van der Waals surface area contributed by atoms with Gasteiger partial charge in [-0.2, -0.15) is 0 Å². The maximum absolute atomic E-state index is 12.2. The van der Waals surface area contributed by atoms with Crippen molar-refractivity contribution >= 4 is 11.8 Å². The van der Waals surface area contributed by atoms with Crippen molar-refractivity contribution in [3.05, 3.63) is 30.3 Å². The number of carbonyl (C=O) groups is 2. The SMILES string of the molecule is CC(C)N1CCN(C(=O)COc2ccccc2)CC1C(N)=O. The van der Waals surface area contributed by atoms with Crippen LogP contribution in [0.25, 0.3) is 0 Å². The van der Waals surface area contributed by atoms with E-state index in [0.29, 0.717) is 25.4 Å². The molecule has 0 saturated carbocycles. The summed E-state index contributed by atoms with van der Waals surface area (Å²) >= 11 is 0. The molecule has 6 nitrogen and oxygen atoms in total. The molecule has 120 valence electrons. The molecule has 1 aromatic rings. The quantitative estimate of drug-likeness (QED) is 0.858. The number of hydrogen-bond acceptors (Lipinski definition) is 4. The van der Waals surface area contributed by atoms with E-state index in [1.165, 1.54) is 0 Å². The number of hydrogen-bond donors (Lipinski definition) is 1. The van der Waals surface area contributed by atoms with Crippen LogP contribution < -0.4 is 10.5 Å². The number of nitrogens with two attached hydrogens (primary N) is 1. The third-order valence-electron chi connectivity index (χ3n) is 3.87. The van der Waals surface area contributed by atoms with Gasteiger partial charge in [0.2, 0.25) is 5.91 Å². The van der Waals surface area contributed by atoms with Crippen LogP contribution in [0.1, 0.15) is 13.8 Å². The zero-order chi connectivity index (χ0) is 16.1. The molecule has 1 aliphatic rings. The summed E-state index contributed by atoms with van der Waals surface area (Å²) in [6.07, 6.45) is 0. The van der Waals surface area contributed by atoms with E-state index in [1.807, 2.05) is 36.9 Å². The first kappa shape index (κ1) is 16.3. The van der Waals surface area contributed by atoms with E-state index in [1.54, 1.807) is 17.0 Å². The van der Waals surface area contributed by atoms with Gasteiger partial charge in [0.25, 0.3) is 5.91 Å². The van der Waals surface area contributed by atoms with Gasteiger partial charge in [0.05, 0.1) is 0 Å². The van der Waals surface area contributed by atoms with Crippen molar-refractivity contribution in [2.75, 3.05) is 26.2 Å². The van der Waals surface area contributed by atoms with Crippen LogP contribution in [0, 0.1) is 0 Å². The highest BCUT2D eigenvalue weighted by atomic mass is 16.5. The van der Waals surface area contributed by atoms with Crippen LogP contribution >= 0.6 is 0 Å². The van der Waals surface area contributed by atoms with Crippen molar-refractivity contribution < 1.29 is 14.3 Å². The van der Waals surface area contributed by atoms with E-state index < -0.39 is 11.9 Å². The van der Waals surface area contributed by atoms with Crippen molar-refractivity contribution in [3.8, 4) is 5.75 Å². The first-order valence-electron chi connectivity index (χ1n) is 7.49. The second-order valence-electron chi connectivity index (χ2n) is 5.69. The number of para-hydroxylation sites is 1. The normalized spacial score (nSPS) is 19.2. The van der Waals surface area contributed by atoms with E-state index in [4.69, 9.17) is 10.5 Å². The van der Waals surface area contributed by atoms with Gasteiger partial charge < -0.3 is 15.4 Å². The van der Waals surface area contributed by atoms with Gasteiger partial charge in [-0.25, -0.2) is 0 Å². The lowest BCUT2D eigenvalue weighted by atomic mass is 10.1. The first-order chi connectivity index (χ1) is 10.5. The summed E-state index contributed by atoms with van der Waals surface area (Å²) in [4.78, 5) is 27.6. The summed E-state index contributed by atoms with van der Waals surface area (Å²) in [5.74, 6) is 0.136. The predicted molar refractivity (Wildman–Crippen MR) is 83.3 cm³/mol. The van der Waals surface area contributed by atoms with Crippen LogP contribution in [-0.4, -0.2) is 59.9 Å². The van der Waals surface area contributed by atoms with Crippen LogP contribution in [0.15, 0.2) is 30.3 Å². The lowest BCUT2D eigenvalue weighted by Gasteiger charge is -2.41. The Labute approximate surface area is 130 Å². The molecule has 1 aromatic carbocycles. The summed E-state index contributed by atoms with van der Waals surface area (Å²) in [6.45, 7) is 5.56. The number of amides is 2. The molecule has 1 atom stereocenters. The third-order valence-corrected chi connectivity index (χ3v) is 3.87. The number of benzene rings is 1. The Morgan fingerprint density at radius 2 is 1.95 bits per heavy atom. The van der Waals surface area contributed by atoms with E-state index in [9.17, 15) is 9.59 Å². The molecular formula is C16H23N3O3. The molecule has 0 bridgehead atoms. The molecule has 1 heterocycles. The van der Waals surface area contributed by atoms with Crippen LogP contribution in [0.4, 0.5) is 0 Å². The van der Waals surface area contributed by atoms with E-state index in [2.05, 4.69) is 0 Å². The van der Waals surface area contributed by atoms with Gasteiger partial charge >= 0.3 is 0 Å².